The lowest BCUT2D eigenvalue weighted by Crippen LogP contribution is -2.54. The van der Waals surface area contributed by atoms with Crippen molar-refractivity contribution < 1.29 is 23.6 Å². The average Bonchev–Trinajstić information content (AvgIpc) is 3.68. The van der Waals surface area contributed by atoms with E-state index >= 15 is 4.39 Å². The first-order valence-corrected chi connectivity index (χ1v) is 21.3. The third kappa shape index (κ3) is 7.53. The molecule has 6 aliphatic rings. The van der Waals surface area contributed by atoms with Crippen molar-refractivity contribution in [2.45, 2.75) is 76.5 Å². The van der Waals surface area contributed by atoms with Crippen molar-refractivity contribution in [3.05, 3.63) is 81.9 Å². The van der Waals surface area contributed by atoms with Crippen LogP contribution in [0.3, 0.4) is 0 Å². The number of carbonyl (C=O) groups excluding carboxylic acids is 4. The summed E-state index contributed by atoms with van der Waals surface area (Å²) in [6, 6.07) is 14.7. The maximum atomic E-state index is 15.5. The highest BCUT2D eigenvalue weighted by Crippen LogP contribution is 2.46. The first-order chi connectivity index (χ1) is 28.5. The quantitative estimate of drug-likeness (QED) is 0.329. The Morgan fingerprint density at radius 2 is 1.59 bits per heavy atom. The normalized spacial score (nSPS) is 24.2. The van der Waals surface area contributed by atoms with Gasteiger partial charge in [0, 0.05) is 89.6 Å². The highest BCUT2D eigenvalue weighted by atomic mass is 35.5. The standard InChI is InChI=1S/C44H49ClFN9O4/c1-28-23-44(27-54(28)32-4-2-29(24-47)36(45)20-32)10-14-51(15-11-44)33-5-3-30(48-25-33)26-50-12-8-31(9-13-50)52-16-18-53(19-17-52)39-22-35-34(21-37(39)46)42(58)55(43(35)59)38-6-7-40(56)49-41(38)57/h2-5,20-22,25,28,31,38H,6-19,23,26-27H2,1H3,(H,49,56,57)/t28-,38?/m0/s1. The lowest BCUT2D eigenvalue weighted by Gasteiger charge is -2.43. The average molecular weight is 822 g/mol. The zero-order chi connectivity index (χ0) is 41.0. The third-order valence-electron chi connectivity index (χ3n) is 13.8. The van der Waals surface area contributed by atoms with Gasteiger partial charge in [0.25, 0.3) is 11.8 Å². The second kappa shape index (κ2) is 15.8. The molecule has 1 aromatic heterocycles. The molecule has 1 spiro atoms. The van der Waals surface area contributed by atoms with Gasteiger partial charge in [-0.2, -0.15) is 5.26 Å². The highest BCUT2D eigenvalue weighted by Gasteiger charge is 2.46. The van der Waals surface area contributed by atoms with Crippen LogP contribution in [-0.4, -0.2) is 120 Å². The molecule has 1 N–H and O–H groups in total. The molecule has 2 atom stereocenters. The van der Waals surface area contributed by atoms with Crippen LogP contribution in [0.1, 0.15) is 83.8 Å². The number of nitrogens with one attached hydrogen (secondary N) is 1. The lowest BCUT2D eigenvalue weighted by atomic mass is 9.76. The minimum atomic E-state index is -1.09. The zero-order valence-electron chi connectivity index (χ0n) is 33.3. The Kier molecular flexibility index (Phi) is 10.6. The first-order valence-electron chi connectivity index (χ1n) is 20.9. The predicted molar refractivity (Wildman–Crippen MR) is 221 cm³/mol. The van der Waals surface area contributed by atoms with Crippen LogP contribution in [0.2, 0.25) is 5.02 Å². The van der Waals surface area contributed by atoms with Crippen molar-refractivity contribution in [2.24, 2.45) is 5.41 Å². The van der Waals surface area contributed by atoms with Gasteiger partial charge in [0.15, 0.2) is 0 Å². The Hall–Kier alpha value is -5.10. The van der Waals surface area contributed by atoms with E-state index in [0.29, 0.717) is 35.8 Å². The van der Waals surface area contributed by atoms with Gasteiger partial charge in [-0.05, 0) is 93.3 Å². The van der Waals surface area contributed by atoms with Gasteiger partial charge in [-0.3, -0.25) is 44.2 Å². The molecule has 59 heavy (non-hydrogen) atoms. The van der Waals surface area contributed by atoms with Gasteiger partial charge in [0.05, 0.1) is 45.0 Å². The summed E-state index contributed by atoms with van der Waals surface area (Å²) in [5.41, 5.74) is 4.47. The largest absolute Gasteiger partial charge is 0.370 e. The molecule has 0 saturated carbocycles. The number of anilines is 3. The molecule has 7 heterocycles. The molecule has 4 amide bonds. The number of hydrogen-bond donors (Lipinski definition) is 1. The number of pyridine rings is 1. The summed E-state index contributed by atoms with van der Waals surface area (Å²) >= 11 is 6.38. The molecule has 15 heteroatoms. The molecule has 9 rings (SSSR count). The van der Waals surface area contributed by atoms with Crippen LogP contribution >= 0.6 is 11.6 Å². The van der Waals surface area contributed by atoms with Gasteiger partial charge in [0.2, 0.25) is 11.8 Å². The fourth-order valence-corrected chi connectivity index (χ4v) is 10.7. The Balaban J connectivity index is 0.730. The fraction of sp³-hybridized carbons (Fsp3) is 0.500. The number of aromatic nitrogens is 1. The molecule has 13 nitrogen and oxygen atoms in total. The number of halogens is 2. The number of nitrogens with zero attached hydrogens (tertiary/aromatic N) is 8. The van der Waals surface area contributed by atoms with Crippen LogP contribution in [0.4, 0.5) is 21.5 Å². The highest BCUT2D eigenvalue weighted by molar-refractivity contribution is 6.32. The fourth-order valence-electron chi connectivity index (χ4n) is 10.5. The maximum absolute atomic E-state index is 15.5. The Morgan fingerprint density at radius 3 is 2.25 bits per heavy atom. The van der Waals surface area contributed by atoms with Crippen LogP contribution < -0.4 is 20.0 Å². The van der Waals surface area contributed by atoms with E-state index in [9.17, 15) is 24.4 Å². The van der Waals surface area contributed by atoms with Gasteiger partial charge < -0.3 is 14.7 Å². The molecular weight excluding hydrogens is 773 g/mol. The number of fused-ring (bicyclic) bond motifs is 1. The smallest absolute Gasteiger partial charge is 0.262 e. The van der Waals surface area contributed by atoms with Gasteiger partial charge >= 0.3 is 0 Å². The molecule has 5 fully saturated rings. The summed E-state index contributed by atoms with van der Waals surface area (Å²) in [5, 5.41) is 12.0. The molecule has 1 unspecified atom stereocenters. The summed E-state index contributed by atoms with van der Waals surface area (Å²) < 4.78 is 15.5. The van der Waals surface area contributed by atoms with Crippen LogP contribution in [-0.2, 0) is 16.1 Å². The molecule has 0 bridgehead atoms. The number of carbonyl (C=O) groups is 4. The number of piperazine rings is 1. The van der Waals surface area contributed by atoms with E-state index in [1.807, 2.05) is 29.3 Å². The summed E-state index contributed by atoms with van der Waals surface area (Å²) in [4.78, 5) is 68.1. The number of piperidine rings is 3. The summed E-state index contributed by atoms with van der Waals surface area (Å²) in [6.45, 7) is 10.8. The number of amides is 4. The van der Waals surface area contributed by atoms with Crippen LogP contribution in [0.5, 0.6) is 0 Å². The van der Waals surface area contributed by atoms with E-state index in [4.69, 9.17) is 16.6 Å². The van der Waals surface area contributed by atoms with Gasteiger partial charge in [-0.1, -0.05) is 11.6 Å². The minimum Gasteiger partial charge on any atom is -0.370 e. The Labute approximate surface area is 348 Å². The van der Waals surface area contributed by atoms with Crippen LogP contribution in [0, 0.1) is 22.6 Å². The molecule has 0 aliphatic carbocycles. The topological polar surface area (TPSA) is 136 Å². The predicted octanol–water partition coefficient (Wildman–Crippen LogP) is 4.82. The van der Waals surface area contributed by atoms with Crippen molar-refractivity contribution in [1.82, 2.24) is 25.0 Å². The number of benzene rings is 2. The first kappa shape index (κ1) is 39.4. The summed E-state index contributed by atoms with van der Waals surface area (Å²) in [7, 11) is 0. The minimum absolute atomic E-state index is 0.0275. The van der Waals surface area contributed by atoms with E-state index in [1.54, 1.807) is 0 Å². The SMILES string of the molecule is C[C@H]1CC2(CCN(c3ccc(CN4CCC(N5CCN(c6cc7c(cc6F)C(=O)N(C6CCC(=O)NC6=O)C7=O)CC5)CC4)nc3)CC2)CN1c1ccc(C#N)c(Cl)c1. The molecule has 3 aromatic rings. The zero-order valence-corrected chi connectivity index (χ0v) is 34.1. The van der Waals surface area contributed by atoms with Gasteiger partial charge in [-0.15, -0.1) is 0 Å². The Morgan fingerprint density at radius 1 is 0.881 bits per heavy atom. The number of likely N-dealkylation sites (tertiary alicyclic amines) is 1. The van der Waals surface area contributed by atoms with E-state index in [2.05, 4.69) is 50.0 Å². The number of hydrogen-bond acceptors (Lipinski definition) is 11. The summed E-state index contributed by atoms with van der Waals surface area (Å²) in [5.74, 6) is -3.04. The van der Waals surface area contributed by atoms with Crippen LogP contribution in [0.15, 0.2) is 48.7 Å². The van der Waals surface area contributed by atoms with Gasteiger partial charge in [-0.25, -0.2) is 4.39 Å². The van der Waals surface area contributed by atoms with Crippen molar-refractivity contribution in [3.8, 4) is 6.07 Å². The Bertz CT molecular complexity index is 2210. The molecular formula is C44H49ClFN9O4. The maximum Gasteiger partial charge on any atom is 0.262 e. The van der Waals surface area contributed by atoms with E-state index in [-0.39, 0.29) is 35.1 Å². The number of rotatable bonds is 7. The number of imide groups is 2. The molecule has 5 saturated heterocycles. The van der Waals surface area contributed by atoms with E-state index in [1.165, 1.54) is 11.8 Å². The van der Waals surface area contributed by atoms with Crippen molar-refractivity contribution >= 4 is 52.3 Å². The van der Waals surface area contributed by atoms with Crippen molar-refractivity contribution in [3.63, 3.8) is 0 Å². The van der Waals surface area contributed by atoms with Crippen LogP contribution in [0.25, 0.3) is 0 Å². The van der Waals surface area contributed by atoms with E-state index in [0.717, 1.165) is 107 Å². The van der Waals surface area contributed by atoms with Crippen molar-refractivity contribution in [2.75, 3.05) is 73.6 Å². The molecule has 0 radical (unpaired) electrons. The lowest BCUT2D eigenvalue weighted by molar-refractivity contribution is -0.136. The molecule has 2 aromatic carbocycles. The van der Waals surface area contributed by atoms with E-state index < -0.39 is 35.5 Å². The second-order valence-corrected chi connectivity index (χ2v) is 17.7. The molecule has 6 aliphatic heterocycles. The monoisotopic (exact) mass is 821 g/mol. The second-order valence-electron chi connectivity index (χ2n) is 17.3. The van der Waals surface area contributed by atoms with Crippen molar-refractivity contribution in [1.29, 1.82) is 5.26 Å². The molecule has 308 valence electrons. The summed E-state index contributed by atoms with van der Waals surface area (Å²) in [6.07, 6.45) is 7.62. The number of nitriles is 1. The third-order valence-corrected chi connectivity index (χ3v) is 14.1. The van der Waals surface area contributed by atoms with Gasteiger partial charge in [0.1, 0.15) is 17.9 Å².